The zero-order chi connectivity index (χ0) is 10.3. The quantitative estimate of drug-likeness (QED) is 0.598. The van der Waals surface area contributed by atoms with Crippen LogP contribution in [0.1, 0.15) is 40.5 Å². The molecule has 78 valence electrons. The molecule has 0 aliphatic rings. The van der Waals surface area contributed by atoms with E-state index >= 15 is 0 Å². The first-order valence-electron chi connectivity index (χ1n) is 5.40. The highest BCUT2D eigenvalue weighted by atomic mass is 14.9. The Balaban J connectivity index is 3.79. The molecule has 0 aliphatic carbocycles. The number of nitrogens with one attached hydrogen (secondary N) is 1. The monoisotopic (exact) mass is 183 g/mol. The molecule has 0 aromatic rings. The smallest absolute Gasteiger partial charge is 0.0134 e. The van der Waals surface area contributed by atoms with Crippen LogP contribution in [0, 0.1) is 11.8 Å². The standard InChI is InChI=1S/C12H25N/c1-6-7-13-12(8-10(2)3)9-11(4)5/h6,10-13H,1,7-9H2,2-5H3. The van der Waals surface area contributed by atoms with Crippen molar-refractivity contribution in [3.05, 3.63) is 12.7 Å². The molecule has 0 radical (unpaired) electrons. The summed E-state index contributed by atoms with van der Waals surface area (Å²) in [5.41, 5.74) is 0. The summed E-state index contributed by atoms with van der Waals surface area (Å²) in [5, 5.41) is 3.51. The summed E-state index contributed by atoms with van der Waals surface area (Å²) in [7, 11) is 0. The highest BCUT2D eigenvalue weighted by Gasteiger charge is 2.10. The van der Waals surface area contributed by atoms with Crippen LogP contribution in [0.4, 0.5) is 0 Å². The van der Waals surface area contributed by atoms with Gasteiger partial charge in [0.15, 0.2) is 0 Å². The molecule has 1 nitrogen and oxygen atoms in total. The van der Waals surface area contributed by atoms with E-state index in [4.69, 9.17) is 0 Å². The van der Waals surface area contributed by atoms with Crippen LogP contribution < -0.4 is 5.32 Å². The lowest BCUT2D eigenvalue weighted by Crippen LogP contribution is -2.31. The zero-order valence-electron chi connectivity index (χ0n) is 9.64. The average molecular weight is 183 g/mol. The van der Waals surface area contributed by atoms with Crippen LogP contribution in [-0.2, 0) is 0 Å². The van der Waals surface area contributed by atoms with E-state index in [0.29, 0.717) is 6.04 Å². The van der Waals surface area contributed by atoms with Crippen molar-refractivity contribution >= 4 is 0 Å². The van der Waals surface area contributed by atoms with E-state index < -0.39 is 0 Å². The Morgan fingerprint density at radius 3 is 1.85 bits per heavy atom. The van der Waals surface area contributed by atoms with E-state index in [0.717, 1.165) is 18.4 Å². The lowest BCUT2D eigenvalue weighted by atomic mass is 9.96. The minimum Gasteiger partial charge on any atom is -0.311 e. The predicted molar refractivity (Wildman–Crippen MR) is 60.9 cm³/mol. The molecule has 0 aliphatic heterocycles. The van der Waals surface area contributed by atoms with Crippen LogP contribution in [-0.4, -0.2) is 12.6 Å². The van der Waals surface area contributed by atoms with Crippen LogP contribution in [0.2, 0.25) is 0 Å². The van der Waals surface area contributed by atoms with E-state index in [1.165, 1.54) is 12.8 Å². The highest BCUT2D eigenvalue weighted by Crippen LogP contribution is 2.12. The van der Waals surface area contributed by atoms with Crippen LogP contribution in [0.3, 0.4) is 0 Å². The summed E-state index contributed by atoms with van der Waals surface area (Å²) in [6, 6.07) is 0.665. The maximum atomic E-state index is 3.73. The molecule has 0 heterocycles. The largest absolute Gasteiger partial charge is 0.311 e. The van der Waals surface area contributed by atoms with Gasteiger partial charge in [0.1, 0.15) is 0 Å². The van der Waals surface area contributed by atoms with Gasteiger partial charge in [-0.15, -0.1) is 6.58 Å². The third-order valence-electron chi connectivity index (χ3n) is 2.06. The van der Waals surface area contributed by atoms with E-state index in [-0.39, 0.29) is 0 Å². The maximum Gasteiger partial charge on any atom is 0.0134 e. The number of hydrogen-bond acceptors (Lipinski definition) is 1. The maximum absolute atomic E-state index is 3.73. The molecule has 0 saturated heterocycles. The lowest BCUT2D eigenvalue weighted by molar-refractivity contribution is 0.370. The van der Waals surface area contributed by atoms with Gasteiger partial charge in [0.2, 0.25) is 0 Å². The van der Waals surface area contributed by atoms with Crippen LogP contribution >= 0.6 is 0 Å². The molecular formula is C12H25N. The van der Waals surface area contributed by atoms with Crippen LogP contribution in [0.15, 0.2) is 12.7 Å². The fourth-order valence-corrected chi connectivity index (χ4v) is 1.65. The number of rotatable bonds is 7. The molecule has 0 unspecified atom stereocenters. The first-order chi connectivity index (χ1) is 6.06. The summed E-state index contributed by atoms with van der Waals surface area (Å²) < 4.78 is 0. The summed E-state index contributed by atoms with van der Waals surface area (Å²) >= 11 is 0. The SMILES string of the molecule is C=CCNC(CC(C)C)CC(C)C. The fourth-order valence-electron chi connectivity index (χ4n) is 1.65. The molecule has 0 rings (SSSR count). The lowest BCUT2D eigenvalue weighted by Gasteiger charge is -2.21. The normalized spacial score (nSPS) is 11.6. The molecule has 0 aromatic carbocycles. The molecule has 0 aromatic heterocycles. The summed E-state index contributed by atoms with van der Waals surface area (Å²) in [5.74, 6) is 1.56. The van der Waals surface area contributed by atoms with Crippen molar-refractivity contribution in [2.45, 2.75) is 46.6 Å². The molecule has 0 amide bonds. The van der Waals surface area contributed by atoms with Gasteiger partial charge in [-0.1, -0.05) is 33.8 Å². The van der Waals surface area contributed by atoms with E-state index in [1.54, 1.807) is 0 Å². The molecular weight excluding hydrogens is 158 g/mol. The Labute approximate surface area is 83.6 Å². The Hall–Kier alpha value is -0.300. The second-order valence-electron chi connectivity index (χ2n) is 4.65. The van der Waals surface area contributed by atoms with E-state index in [2.05, 4.69) is 39.6 Å². The molecule has 0 bridgehead atoms. The Morgan fingerprint density at radius 2 is 1.54 bits per heavy atom. The second-order valence-corrected chi connectivity index (χ2v) is 4.65. The summed E-state index contributed by atoms with van der Waals surface area (Å²) in [4.78, 5) is 0. The predicted octanol–water partition coefficient (Wildman–Crippen LogP) is 3.22. The van der Waals surface area contributed by atoms with Crippen molar-refractivity contribution in [3.8, 4) is 0 Å². The summed E-state index contributed by atoms with van der Waals surface area (Å²) in [6.07, 6.45) is 4.48. The molecule has 0 saturated carbocycles. The van der Waals surface area contributed by atoms with Gasteiger partial charge in [0.05, 0.1) is 0 Å². The van der Waals surface area contributed by atoms with Gasteiger partial charge in [0, 0.05) is 12.6 Å². The molecule has 13 heavy (non-hydrogen) atoms. The Kier molecular flexibility index (Phi) is 6.97. The van der Waals surface area contributed by atoms with Crippen molar-refractivity contribution < 1.29 is 0 Å². The molecule has 1 heteroatoms. The van der Waals surface area contributed by atoms with Crippen molar-refractivity contribution in [2.24, 2.45) is 11.8 Å². The fraction of sp³-hybridized carbons (Fsp3) is 0.833. The average Bonchev–Trinajstić information content (AvgIpc) is 1.98. The third kappa shape index (κ3) is 8.04. The van der Waals surface area contributed by atoms with Crippen LogP contribution in [0.5, 0.6) is 0 Å². The first kappa shape index (κ1) is 12.7. The molecule has 0 spiro atoms. The van der Waals surface area contributed by atoms with Gasteiger partial charge >= 0.3 is 0 Å². The highest BCUT2D eigenvalue weighted by molar-refractivity contribution is 4.76. The zero-order valence-corrected chi connectivity index (χ0v) is 9.64. The van der Waals surface area contributed by atoms with Gasteiger partial charge in [-0.05, 0) is 24.7 Å². The summed E-state index contributed by atoms with van der Waals surface area (Å²) in [6.45, 7) is 13.8. The van der Waals surface area contributed by atoms with Crippen molar-refractivity contribution in [1.82, 2.24) is 5.32 Å². The topological polar surface area (TPSA) is 12.0 Å². The third-order valence-corrected chi connectivity index (χ3v) is 2.06. The van der Waals surface area contributed by atoms with Crippen molar-refractivity contribution in [2.75, 3.05) is 6.54 Å². The van der Waals surface area contributed by atoms with E-state index in [1.807, 2.05) is 6.08 Å². The minimum atomic E-state index is 0.665. The molecule has 1 N–H and O–H groups in total. The Morgan fingerprint density at radius 1 is 1.08 bits per heavy atom. The van der Waals surface area contributed by atoms with E-state index in [9.17, 15) is 0 Å². The Bertz CT molecular complexity index is 117. The second kappa shape index (κ2) is 7.14. The van der Waals surface area contributed by atoms with Gasteiger partial charge in [-0.25, -0.2) is 0 Å². The van der Waals surface area contributed by atoms with Gasteiger partial charge in [-0.2, -0.15) is 0 Å². The van der Waals surface area contributed by atoms with Gasteiger partial charge < -0.3 is 5.32 Å². The van der Waals surface area contributed by atoms with Crippen molar-refractivity contribution in [1.29, 1.82) is 0 Å². The van der Waals surface area contributed by atoms with Crippen molar-refractivity contribution in [3.63, 3.8) is 0 Å². The van der Waals surface area contributed by atoms with Gasteiger partial charge in [-0.3, -0.25) is 0 Å². The minimum absolute atomic E-state index is 0.665. The first-order valence-corrected chi connectivity index (χ1v) is 5.40. The molecule has 0 atom stereocenters. The number of hydrogen-bond donors (Lipinski definition) is 1. The molecule has 0 fully saturated rings. The van der Waals surface area contributed by atoms with Crippen LogP contribution in [0.25, 0.3) is 0 Å². The van der Waals surface area contributed by atoms with Gasteiger partial charge in [0.25, 0.3) is 0 Å².